The molecule has 0 unspecified atom stereocenters. The van der Waals surface area contributed by atoms with E-state index in [1.165, 1.54) is 0 Å². The van der Waals surface area contributed by atoms with Crippen molar-refractivity contribution in [2.45, 2.75) is 19.4 Å². The van der Waals surface area contributed by atoms with Crippen LogP contribution in [0.15, 0.2) is 24.3 Å². The van der Waals surface area contributed by atoms with Gasteiger partial charge in [-0.05, 0) is 48.1 Å². The van der Waals surface area contributed by atoms with E-state index in [1.54, 1.807) is 69.6 Å². The lowest BCUT2D eigenvalue weighted by Crippen LogP contribution is -2.26. The Labute approximate surface area is 115 Å². The van der Waals surface area contributed by atoms with Gasteiger partial charge in [0.2, 0.25) is 0 Å². The van der Waals surface area contributed by atoms with Gasteiger partial charge < -0.3 is 9.63 Å². The third-order valence-corrected chi connectivity index (χ3v) is 5.23. The maximum Gasteiger partial charge on any atom is 0.394 e. The molecule has 0 amide bonds. The molecule has 0 radical (unpaired) electrons. The third-order valence-electron chi connectivity index (χ3n) is 2.77. The van der Waals surface area contributed by atoms with Crippen molar-refractivity contribution in [2.75, 3.05) is 28.2 Å². The molecule has 0 saturated carbocycles. The number of para-hydroxylation sites is 1. The van der Waals surface area contributed by atoms with Crippen LogP contribution in [0.2, 0.25) is 0 Å². The molecule has 0 aliphatic heterocycles. The molecule has 0 heterocycles. The Balaban J connectivity index is 3.23. The molecule has 0 bridgehead atoms. The first-order chi connectivity index (χ1) is 8.59. The number of hydrogen-bond acceptors (Lipinski definition) is 3. The van der Waals surface area contributed by atoms with E-state index in [0.717, 1.165) is 0 Å². The van der Waals surface area contributed by atoms with Crippen LogP contribution >= 0.6 is 7.67 Å². The highest BCUT2D eigenvalue weighted by Gasteiger charge is 2.33. The first-order valence-electron chi connectivity index (χ1n) is 6.06. The molecule has 0 aliphatic rings. The first-order valence-corrected chi connectivity index (χ1v) is 7.59. The molecular formula is C13H23N2O3P. The normalized spacial score (nSPS) is 13.1. The zero-order valence-electron chi connectivity index (χ0n) is 12.4. The second kappa shape index (κ2) is 5.63. The number of hydrogen-bond donors (Lipinski definition) is 1. The SMILES string of the molecule is CN(C)P(=O)(Oc1ccccc1C(C)(C)O)N(C)C. The number of nitrogens with zero attached hydrogens (tertiary/aromatic N) is 2. The summed E-state index contributed by atoms with van der Waals surface area (Å²) in [6, 6.07) is 7.09. The zero-order valence-corrected chi connectivity index (χ0v) is 13.3. The van der Waals surface area contributed by atoms with Gasteiger partial charge in [0.1, 0.15) is 5.75 Å². The summed E-state index contributed by atoms with van der Waals surface area (Å²) in [6.07, 6.45) is 0. The van der Waals surface area contributed by atoms with E-state index in [-0.39, 0.29) is 0 Å². The number of aliphatic hydroxyl groups is 1. The average Bonchev–Trinajstić information content (AvgIpc) is 2.27. The molecular weight excluding hydrogens is 263 g/mol. The summed E-state index contributed by atoms with van der Waals surface area (Å²) in [5.41, 5.74) is -0.445. The number of rotatable bonds is 5. The molecule has 0 aliphatic carbocycles. The molecule has 1 rings (SSSR count). The summed E-state index contributed by atoms with van der Waals surface area (Å²) in [7, 11) is 3.68. The van der Waals surface area contributed by atoms with Gasteiger partial charge in [0.15, 0.2) is 0 Å². The number of benzene rings is 1. The van der Waals surface area contributed by atoms with Crippen molar-refractivity contribution in [1.29, 1.82) is 0 Å². The topological polar surface area (TPSA) is 53.0 Å². The zero-order chi connectivity index (χ0) is 14.8. The van der Waals surface area contributed by atoms with Crippen molar-refractivity contribution < 1.29 is 14.2 Å². The summed E-state index contributed by atoms with van der Waals surface area (Å²) in [4.78, 5) is 0. The molecule has 1 aromatic carbocycles. The van der Waals surface area contributed by atoms with Gasteiger partial charge in [-0.15, -0.1) is 0 Å². The second-order valence-electron chi connectivity index (χ2n) is 5.33. The van der Waals surface area contributed by atoms with E-state index in [2.05, 4.69) is 0 Å². The van der Waals surface area contributed by atoms with E-state index in [9.17, 15) is 9.67 Å². The molecule has 108 valence electrons. The molecule has 5 nitrogen and oxygen atoms in total. The summed E-state index contributed by atoms with van der Waals surface area (Å²) in [5.74, 6) is 0.431. The van der Waals surface area contributed by atoms with Crippen LogP contribution in [0.5, 0.6) is 5.75 Å². The Bertz CT molecular complexity index is 469. The van der Waals surface area contributed by atoms with Gasteiger partial charge in [0.05, 0.1) is 5.60 Å². The molecule has 6 heteroatoms. The summed E-state index contributed by atoms with van der Waals surface area (Å²) < 4.78 is 21.6. The van der Waals surface area contributed by atoms with Crippen LogP contribution < -0.4 is 4.52 Å². The molecule has 1 aromatic rings. The maximum absolute atomic E-state index is 12.8. The van der Waals surface area contributed by atoms with Crippen molar-refractivity contribution in [2.24, 2.45) is 0 Å². The quantitative estimate of drug-likeness (QED) is 0.843. The summed E-state index contributed by atoms with van der Waals surface area (Å²) >= 11 is 0. The van der Waals surface area contributed by atoms with E-state index >= 15 is 0 Å². The fourth-order valence-corrected chi connectivity index (χ4v) is 3.16. The fraction of sp³-hybridized carbons (Fsp3) is 0.538. The van der Waals surface area contributed by atoms with E-state index in [1.807, 2.05) is 6.07 Å². The monoisotopic (exact) mass is 286 g/mol. The molecule has 0 spiro atoms. The highest BCUT2D eigenvalue weighted by molar-refractivity contribution is 7.54. The van der Waals surface area contributed by atoms with E-state index < -0.39 is 13.3 Å². The van der Waals surface area contributed by atoms with E-state index in [0.29, 0.717) is 11.3 Å². The van der Waals surface area contributed by atoms with Crippen LogP contribution in [0, 0.1) is 0 Å². The Morgan fingerprint density at radius 1 is 1.11 bits per heavy atom. The van der Waals surface area contributed by atoms with Gasteiger partial charge in [-0.2, -0.15) is 0 Å². The standard InChI is InChI=1S/C13H23N2O3P/c1-13(2,16)11-9-7-8-10-12(11)18-19(17,14(3)4)15(5)6/h7-10,16H,1-6H3. The Morgan fingerprint density at radius 2 is 1.58 bits per heavy atom. The summed E-state index contributed by atoms with van der Waals surface area (Å²) in [5, 5.41) is 10.1. The van der Waals surface area contributed by atoms with Gasteiger partial charge in [-0.3, -0.25) is 0 Å². The highest BCUT2D eigenvalue weighted by Crippen LogP contribution is 2.51. The van der Waals surface area contributed by atoms with Crippen LogP contribution in [0.1, 0.15) is 19.4 Å². The Hall–Kier alpha value is -0.870. The van der Waals surface area contributed by atoms with Crippen LogP contribution in [-0.2, 0) is 10.2 Å². The minimum Gasteiger partial charge on any atom is -0.421 e. The molecule has 0 saturated heterocycles. The Kier molecular flexibility index (Phi) is 4.80. The van der Waals surface area contributed by atoms with Crippen molar-refractivity contribution in [1.82, 2.24) is 9.34 Å². The molecule has 0 aromatic heterocycles. The minimum atomic E-state index is -3.13. The van der Waals surface area contributed by atoms with Gasteiger partial charge in [-0.25, -0.2) is 13.9 Å². The van der Waals surface area contributed by atoms with Crippen molar-refractivity contribution in [3.63, 3.8) is 0 Å². The van der Waals surface area contributed by atoms with E-state index in [4.69, 9.17) is 4.52 Å². The predicted octanol–water partition coefficient (Wildman–Crippen LogP) is 2.52. The lowest BCUT2D eigenvalue weighted by Gasteiger charge is -2.31. The van der Waals surface area contributed by atoms with Crippen molar-refractivity contribution >= 4 is 7.67 Å². The lowest BCUT2D eigenvalue weighted by atomic mass is 9.98. The van der Waals surface area contributed by atoms with Crippen LogP contribution in [0.3, 0.4) is 0 Å². The lowest BCUT2D eigenvalue weighted by molar-refractivity contribution is 0.0766. The first kappa shape index (κ1) is 16.2. The second-order valence-corrected chi connectivity index (χ2v) is 8.10. The third kappa shape index (κ3) is 3.57. The Morgan fingerprint density at radius 3 is 2.00 bits per heavy atom. The van der Waals surface area contributed by atoms with Gasteiger partial charge in [-0.1, -0.05) is 18.2 Å². The maximum atomic E-state index is 12.8. The van der Waals surface area contributed by atoms with Gasteiger partial charge in [0.25, 0.3) is 0 Å². The smallest absolute Gasteiger partial charge is 0.394 e. The minimum absolute atomic E-state index is 0.431. The molecule has 0 fully saturated rings. The molecule has 19 heavy (non-hydrogen) atoms. The largest absolute Gasteiger partial charge is 0.421 e. The predicted molar refractivity (Wildman–Crippen MR) is 77.3 cm³/mol. The van der Waals surface area contributed by atoms with Gasteiger partial charge >= 0.3 is 7.67 Å². The highest BCUT2D eigenvalue weighted by atomic mass is 31.2. The van der Waals surface area contributed by atoms with Crippen molar-refractivity contribution in [3.05, 3.63) is 29.8 Å². The molecule has 1 N–H and O–H groups in total. The van der Waals surface area contributed by atoms with Crippen molar-refractivity contribution in [3.8, 4) is 5.75 Å². The van der Waals surface area contributed by atoms with Gasteiger partial charge in [0, 0.05) is 5.56 Å². The van der Waals surface area contributed by atoms with Crippen LogP contribution in [0.25, 0.3) is 0 Å². The van der Waals surface area contributed by atoms with Crippen LogP contribution in [-0.4, -0.2) is 42.6 Å². The average molecular weight is 286 g/mol. The summed E-state index contributed by atoms with van der Waals surface area (Å²) in [6.45, 7) is 3.34. The molecule has 0 atom stereocenters. The fourth-order valence-electron chi connectivity index (χ4n) is 1.70. The van der Waals surface area contributed by atoms with Crippen LogP contribution in [0.4, 0.5) is 0 Å².